The van der Waals surface area contributed by atoms with E-state index in [4.69, 9.17) is 0 Å². The van der Waals surface area contributed by atoms with Crippen molar-refractivity contribution in [3.8, 4) is 0 Å². The van der Waals surface area contributed by atoms with Crippen molar-refractivity contribution in [3.05, 3.63) is 35.4 Å². The van der Waals surface area contributed by atoms with E-state index in [1.165, 1.54) is 51.4 Å². The van der Waals surface area contributed by atoms with E-state index in [-0.39, 0.29) is 0 Å². The Balaban J connectivity index is 1.54. The van der Waals surface area contributed by atoms with E-state index in [0.717, 1.165) is 17.9 Å². The van der Waals surface area contributed by atoms with Gasteiger partial charge in [-0.3, -0.25) is 0 Å². The Morgan fingerprint density at radius 3 is 2.74 bits per heavy atom. The first kappa shape index (κ1) is 12.0. The molecule has 3 aliphatic carbocycles. The first-order chi connectivity index (χ1) is 9.40. The van der Waals surface area contributed by atoms with Crippen molar-refractivity contribution in [1.82, 2.24) is 5.32 Å². The van der Waals surface area contributed by atoms with Gasteiger partial charge in [0.2, 0.25) is 0 Å². The number of hydrogen-bond donors (Lipinski definition) is 1. The lowest BCUT2D eigenvalue weighted by atomic mass is 9.92. The van der Waals surface area contributed by atoms with Crippen LogP contribution in [0.25, 0.3) is 0 Å². The fraction of sp³-hybridized carbons (Fsp3) is 0.667. The van der Waals surface area contributed by atoms with E-state index in [1.807, 2.05) is 0 Å². The molecule has 0 spiro atoms. The smallest absolute Gasteiger partial charge is 0.0325 e. The van der Waals surface area contributed by atoms with Crippen LogP contribution in [-0.2, 0) is 6.42 Å². The lowest BCUT2D eigenvalue weighted by Gasteiger charge is -2.29. The number of rotatable bonds is 2. The van der Waals surface area contributed by atoms with Crippen LogP contribution in [0.3, 0.4) is 0 Å². The largest absolute Gasteiger partial charge is 0.307 e. The Kier molecular flexibility index (Phi) is 3.11. The lowest BCUT2D eigenvalue weighted by Crippen LogP contribution is -2.36. The standard InChI is InChI=1S/C18H25N/c1-3-7-16-14(5-1)6-2-4-8-17(16)19-18-12-13-9-10-15(18)11-13/h1,3,5,7,13,15,17-19H,2,4,6,8-12H2. The fourth-order valence-corrected chi connectivity index (χ4v) is 4.80. The van der Waals surface area contributed by atoms with Crippen molar-refractivity contribution in [1.29, 1.82) is 0 Å². The van der Waals surface area contributed by atoms with Gasteiger partial charge in [-0.05, 0) is 61.5 Å². The fourth-order valence-electron chi connectivity index (χ4n) is 4.80. The zero-order valence-electron chi connectivity index (χ0n) is 11.8. The number of hydrogen-bond acceptors (Lipinski definition) is 1. The summed E-state index contributed by atoms with van der Waals surface area (Å²) < 4.78 is 0. The molecule has 1 N–H and O–H groups in total. The zero-order chi connectivity index (χ0) is 12.7. The van der Waals surface area contributed by atoms with Gasteiger partial charge in [0, 0.05) is 12.1 Å². The molecule has 4 atom stereocenters. The Morgan fingerprint density at radius 1 is 0.947 bits per heavy atom. The molecule has 0 saturated heterocycles. The maximum atomic E-state index is 4.05. The van der Waals surface area contributed by atoms with Gasteiger partial charge < -0.3 is 5.32 Å². The molecule has 2 saturated carbocycles. The Bertz CT molecular complexity index is 453. The summed E-state index contributed by atoms with van der Waals surface area (Å²) in [7, 11) is 0. The minimum atomic E-state index is 0.628. The summed E-state index contributed by atoms with van der Waals surface area (Å²) in [4.78, 5) is 0. The van der Waals surface area contributed by atoms with E-state index < -0.39 is 0 Å². The minimum Gasteiger partial charge on any atom is -0.307 e. The minimum absolute atomic E-state index is 0.628. The molecule has 19 heavy (non-hydrogen) atoms. The predicted octanol–water partition coefficient (Wildman–Crippen LogP) is 4.23. The van der Waals surface area contributed by atoms with E-state index >= 15 is 0 Å². The second-order valence-corrected chi connectivity index (χ2v) is 6.95. The molecule has 0 aromatic heterocycles. The van der Waals surface area contributed by atoms with E-state index in [1.54, 1.807) is 11.1 Å². The molecule has 0 amide bonds. The molecule has 1 aromatic rings. The second kappa shape index (κ2) is 4.94. The average molecular weight is 255 g/mol. The van der Waals surface area contributed by atoms with Crippen LogP contribution in [0.4, 0.5) is 0 Å². The Morgan fingerprint density at radius 2 is 1.89 bits per heavy atom. The SMILES string of the molecule is c1ccc2c(c1)CCCCC2NC1CC2CCC1C2. The summed E-state index contributed by atoms with van der Waals surface area (Å²) in [5, 5.41) is 4.05. The highest BCUT2D eigenvalue weighted by Gasteiger charge is 2.40. The van der Waals surface area contributed by atoms with Crippen LogP contribution < -0.4 is 5.32 Å². The summed E-state index contributed by atoms with van der Waals surface area (Å²) in [6.45, 7) is 0. The highest BCUT2D eigenvalue weighted by Crippen LogP contribution is 2.45. The van der Waals surface area contributed by atoms with E-state index in [2.05, 4.69) is 29.6 Å². The quantitative estimate of drug-likeness (QED) is 0.780. The molecular formula is C18H25N. The van der Waals surface area contributed by atoms with Crippen LogP contribution in [0.15, 0.2) is 24.3 Å². The summed E-state index contributed by atoms with van der Waals surface area (Å²) in [6.07, 6.45) is 11.3. The molecule has 1 aromatic carbocycles. The molecule has 2 bridgehead atoms. The highest BCUT2D eigenvalue weighted by atomic mass is 15.0. The van der Waals surface area contributed by atoms with Gasteiger partial charge >= 0.3 is 0 Å². The first-order valence-electron chi connectivity index (χ1n) is 8.24. The van der Waals surface area contributed by atoms with Gasteiger partial charge in [-0.25, -0.2) is 0 Å². The van der Waals surface area contributed by atoms with Crippen LogP contribution in [-0.4, -0.2) is 6.04 Å². The lowest BCUT2D eigenvalue weighted by molar-refractivity contribution is 0.311. The maximum absolute atomic E-state index is 4.05. The third-order valence-electron chi connectivity index (χ3n) is 5.77. The number of fused-ring (bicyclic) bond motifs is 3. The maximum Gasteiger partial charge on any atom is 0.0325 e. The predicted molar refractivity (Wildman–Crippen MR) is 79.1 cm³/mol. The molecule has 1 heteroatoms. The Labute approximate surface area is 116 Å². The molecule has 4 rings (SSSR count). The van der Waals surface area contributed by atoms with Crippen molar-refractivity contribution >= 4 is 0 Å². The molecule has 102 valence electrons. The third-order valence-corrected chi connectivity index (χ3v) is 5.77. The van der Waals surface area contributed by atoms with Crippen LogP contribution in [0.2, 0.25) is 0 Å². The zero-order valence-corrected chi connectivity index (χ0v) is 11.8. The highest BCUT2D eigenvalue weighted by molar-refractivity contribution is 5.31. The Hall–Kier alpha value is -0.820. The normalized spacial score (nSPS) is 37.1. The summed E-state index contributed by atoms with van der Waals surface area (Å²) >= 11 is 0. The molecule has 0 radical (unpaired) electrons. The van der Waals surface area contributed by atoms with Crippen molar-refractivity contribution in [2.75, 3.05) is 0 Å². The van der Waals surface area contributed by atoms with Gasteiger partial charge in [-0.15, -0.1) is 0 Å². The van der Waals surface area contributed by atoms with Crippen LogP contribution >= 0.6 is 0 Å². The molecule has 0 aliphatic heterocycles. The molecule has 2 fully saturated rings. The molecule has 1 nitrogen and oxygen atoms in total. The van der Waals surface area contributed by atoms with Gasteiger partial charge in [-0.2, -0.15) is 0 Å². The van der Waals surface area contributed by atoms with E-state index in [9.17, 15) is 0 Å². The second-order valence-electron chi connectivity index (χ2n) is 6.95. The van der Waals surface area contributed by atoms with Gasteiger partial charge in [0.15, 0.2) is 0 Å². The molecule has 0 heterocycles. The van der Waals surface area contributed by atoms with Crippen molar-refractivity contribution < 1.29 is 0 Å². The van der Waals surface area contributed by atoms with Gasteiger partial charge in [0.25, 0.3) is 0 Å². The van der Waals surface area contributed by atoms with Crippen LogP contribution in [0, 0.1) is 11.8 Å². The summed E-state index contributed by atoms with van der Waals surface area (Å²) in [5.74, 6) is 2.03. The van der Waals surface area contributed by atoms with Gasteiger partial charge in [0.1, 0.15) is 0 Å². The van der Waals surface area contributed by atoms with Crippen LogP contribution in [0.1, 0.15) is 62.1 Å². The van der Waals surface area contributed by atoms with Crippen molar-refractivity contribution in [2.24, 2.45) is 11.8 Å². The van der Waals surface area contributed by atoms with Crippen LogP contribution in [0.5, 0.6) is 0 Å². The first-order valence-corrected chi connectivity index (χ1v) is 8.24. The van der Waals surface area contributed by atoms with E-state index in [0.29, 0.717) is 6.04 Å². The summed E-state index contributed by atoms with van der Waals surface area (Å²) in [5.41, 5.74) is 3.20. The molecule has 3 aliphatic rings. The topological polar surface area (TPSA) is 12.0 Å². The summed E-state index contributed by atoms with van der Waals surface area (Å²) in [6, 6.07) is 10.6. The number of nitrogens with one attached hydrogen (secondary N) is 1. The van der Waals surface area contributed by atoms with Gasteiger partial charge in [-0.1, -0.05) is 37.1 Å². The molecular weight excluding hydrogens is 230 g/mol. The number of aryl methyl sites for hydroxylation is 1. The molecule has 4 unspecified atom stereocenters. The van der Waals surface area contributed by atoms with Crippen molar-refractivity contribution in [2.45, 2.75) is 63.5 Å². The van der Waals surface area contributed by atoms with Crippen molar-refractivity contribution in [3.63, 3.8) is 0 Å². The van der Waals surface area contributed by atoms with Gasteiger partial charge in [0.05, 0.1) is 0 Å². The number of benzene rings is 1. The third kappa shape index (κ3) is 2.23. The average Bonchev–Trinajstić information content (AvgIpc) is 2.99. The monoisotopic (exact) mass is 255 g/mol.